The molecule has 0 fully saturated rings. The monoisotopic (exact) mass is 367 g/mol. The molecule has 1 aromatic heterocycles. The third-order valence-corrected chi connectivity index (χ3v) is 4.40. The number of ketones is 1. The maximum Gasteiger partial charge on any atom is 0.203 e. The summed E-state index contributed by atoms with van der Waals surface area (Å²) in [6.07, 6.45) is 1.58. The van der Waals surface area contributed by atoms with Crippen LogP contribution in [0.15, 0.2) is 52.9 Å². The van der Waals surface area contributed by atoms with Gasteiger partial charge in [-0.2, -0.15) is 5.10 Å². The summed E-state index contributed by atoms with van der Waals surface area (Å²) < 4.78 is 0. The number of hydrogen-bond acceptors (Lipinski definition) is 8. The molecule has 0 saturated carbocycles. The van der Waals surface area contributed by atoms with Crippen molar-refractivity contribution in [2.24, 2.45) is 5.10 Å². The van der Waals surface area contributed by atoms with Gasteiger partial charge in [-0.3, -0.25) is 20.9 Å². The minimum atomic E-state index is -0.0332. The highest BCUT2D eigenvalue weighted by atomic mass is 32.1. The number of hydrogen-bond donors (Lipinski definition) is 4. The normalized spacial score (nSPS) is 10.8. The summed E-state index contributed by atoms with van der Waals surface area (Å²) in [5, 5.41) is 15.6. The van der Waals surface area contributed by atoms with Gasteiger partial charge in [-0.05, 0) is 25.1 Å². The van der Waals surface area contributed by atoms with Crippen molar-refractivity contribution in [2.75, 3.05) is 16.6 Å². The maximum absolute atomic E-state index is 11.3. The van der Waals surface area contributed by atoms with Crippen LogP contribution in [0, 0.1) is 0 Å². The minimum absolute atomic E-state index is 0.0332. The zero-order valence-electron chi connectivity index (χ0n) is 13.9. The largest absolute Gasteiger partial charge is 0.398 e. The van der Waals surface area contributed by atoms with Gasteiger partial charge < -0.3 is 5.73 Å². The van der Waals surface area contributed by atoms with Gasteiger partial charge in [0.2, 0.25) is 5.13 Å². The van der Waals surface area contributed by atoms with Crippen molar-refractivity contribution < 1.29 is 10.0 Å². The van der Waals surface area contributed by atoms with Crippen LogP contribution in [0.3, 0.4) is 0 Å². The first-order valence-electron chi connectivity index (χ1n) is 7.72. The fraction of sp³-hybridized carbons (Fsp3) is 0.0556. The molecule has 3 rings (SSSR count). The Balaban J connectivity index is 1.70. The van der Waals surface area contributed by atoms with E-state index in [4.69, 9.17) is 10.9 Å². The van der Waals surface area contributed by atoms with Crippen molar-refractivity contribution >= 4 is 39.8 Å². The van der Waals surface area contributed by atoms with Gasteiger partial charge in [0.05, 0.1) is 17.6 Å². The molecule has 0 aliphatic carbocycles. The number of carbonyl (C=O) groups excluding carboxylic acids is 1. The van der Waals surface area contributed by atoms with Crippen molar-refractivity contribution in [3.05, 3.63) is 59.0 Å². The van der Waals surface area contributed by atoms with Crippen LogP contribution in [0.2, 0.25) is 0 Å². The van der Waals surface area contributed by atoms with E-state index in [0.29, 0.717) is 27.6 Å². The number of thiazole rings is 1. The first kappa shape index (κ1) is 17.6. The van der Waals surface area contributed by atoms with Crippen LogP contribution in [0.25, 0.3) is 11.3 Å². The minimum Gasteiger partial charge on any atom is -0.398 e. The Morgan fingerprint density at radius 1 is 1.31 bits per heavy atom. The molecule has 0 aliphatic heterocycles. The van der Waals surface area contributed by atoms with E-state index < -0.39 is 0 Å². The molecule has 8 heteroatoms. The number of benzene rings is 2. The van der Waals surface area contributed by atoms with Crippen LogP contribution in [-0.4, -0.2) is 22.2 Å². The number of Topliss-reactive ketones (excluding diaryl/α,β-unsaturated/α-hetero) is 1. The average Bonchev–Trinajstić information content (AvgIpc) is 3.12. The molecule has 0 saturated heterocycles. The van der Waals surface area contributed by atoms with E-state index in [1.165, 1.54) is 18.3 Å². The Morgan fingerprint density at radius 3 is 2.88 bits per heavy atom. The number of nitrogens with one attached hydrogen (secondary N) is 2. The first-order chi connectivity index (χ1) is 12.6. The SMILES string of the molecule is CC(=O)c1ccc(/C=N/Nc2nc(-c3cccc(NO)c3)cs2)c(N)c1. The molecule has 26 heavy (non-hydrogen) atoms. The lowest BCUT2D eigenvalue weighted by Crippen LogP contribution is -1.99. The molecule has 0 aliphatic rings. The van der Waals surface area contributed by atoms with E-state index in [9.17, 15) is 4.79 Å². The Hall–Kier alpha value is -3.23. The molecular formula is C18H17N5O2S. The van der Waals surface area contributed by atoms with Crippen LogP contribution < -0.4 is 16.6 Å². The van der Waals surface area contributed by atoms with E-state index in [0.717, 1.165) is 11.3 Å². The highest BCUT2D eigenvalue weighted by molar-refractivity contribution is 7.14. The van der Waals surface area contributed by atoms with E-state index in [-0.39, 0.29) is 5.78 Å². The topological polar surface area (TPSA) is 113 Å². The summed E-state index contributed by atoms with van der Waals surface area (Å²) in [6.45, 7) is 1.50. The van der Waals surface area contributed by atoms with Gasteiger partial charge in [-0.1, -0.05) is 24.3 Å². The molecule has 0 unspecified atom stereocenters. The molecule has 0 bridgehead atoms. The van der Waals surface area contributed by atoms with Gasteiger partial charge in [0.1, 0.15) is 0 Å². The maximum atomic E-state index is 11.3. The van der Waals surface area contributed by atoms with Crippen LogP contribution in [-0.2, 0) is 0 Å². The lowest BCUT2D eigenvalue weighted by molar-refractivity contribution is 0.101. The van der Waals surface area contributed by atoms with Crippen LogP contribution in [0.4, 0.5) is 16.5 Å². The molecule has 132 valence electrons. The molecule has 7 nitrogen and oxygen atoms in total. The van der Waals surface area contributed by atoms with Crippen molar-refractivity contribution in [3.8, 4) is 11.3 Å². The summed E-state index contributed by atoms with van der Waals surface area (Å²) in [5.74, 6) is -0.0332. The lowest BCUT2D eigenvalue weighted by atomic mass is 10.1. The predicted octanol–water partition coefficient (Wildman–Crippen LogP) is 3.84. The first-order valence-corrected chi connectivity index (χ1v) is 8.60. The smallest absolute Gasteiger partial charge is 0.203 e. The summed E-state index contributed by atoms with van der Waals surface area (Å²) in [5.41, 5.74) is 14.9. The third-order valence-electron chi connectivity index (χ3n) is 3.65. The number of hydrazone groups is 1. The fourth-order valence-corrected chi connectivity index (χ4v) is 2.94. The van der Waals surface area contributed by atoms with Gasteiger partial charge in [0.15, 0.2) is 5.78 Å². The Morgan fingerprint density at radius 2 is 2.15 bits per heavy atom. The fourth-order valence-electron chi connectivity index (χ4n) is 2.27. The van der Waals surface area contributed by atoms with Gasteiger partial charge in [0, 0.05) is 27.8 Å². The number of rotatable bonds is 6. The summed E-state index contributed by atoms with van der Waals surface area (Å²) in [6, 6.07) is 12.4. The number of nitrogens with two attached hydrogens (primary N) is 1. The summed E-state index contributed by atoms with van der Waals surface area (Å²) >= 11 is 1.41. The molecule has 0 spiro atoms. The molecule has 3 aromatic rings. The second-order valence-electron chi connectivity index (χ2n) is 5.50. The highest BCUT2D eigenvalue weighted by Gasteiger charge is 2.05. The van der Waals surface area contributed by atoms with Crippen LogP contribution in [0.5, 0.6) is 0 Å². The molecule has 0 radical (unpaired) electrons. The second-order valence-corrected chi connectivity index (χ2v) is 6.36. The van der Waals surface area contributed by atoms with Crippen molar-refractivity contribution in [1.82, 2.24) is 4.98 Å². The van der Waals surface area contributed by atoms with Gasteiger partial charge in [0.25, 0.3) is 0 Å². The van der Waals surface area contributed by atoms with E-state index in [2.05, 4.69) is 21.0 Å². The number of nitrogens with zero attached hydrogens (tertiary/aromatic N) is 2. The van der Waals surface area contributed by atoms with E-state index >= 15 is 0 Å². The van der Waals surface area contributed by atoms with Gasteiger partial charge >= 0.3 is 0 Å². The summed E-state index contributed by atoms with van der Waals surface area (Å²) in [7, 11) is 0. The molecular weight excluding hydrogens is 350 g/mol. The quantitative estimate of drug-likeness (QED) is 0.228. The zero-order valence-corrected chi connectivity index (χ0v) is 14.7. The predicted molar refractivity (Wildman–Crippen MR) is 105 cm³/mol. The number of carbonyl (C=O) groups is 1. The Kier molecular flexibility index (Phi) is 5.26. The second kappa shape index (κ2) is 7.77. The van der Waals surface area contributed by atoms with Crippen molar-refractivity contribution in [1.29, 1.82) is 0 Å². The Labute approximate surface area is 154 Å². The average molecular weight is 367 g/mol. The van der Waals surface area contributed by atoms with Crippen molar-refractivity contribution in [2.45, 2.75) is 6.92 Å². The molecule has 1 heterocycles. The standard InChI is InChI=1S/C18H17N5O2S/c1-11(24)12-5-6-14(16(19)8-12)9-20-22-18-21-17(10-26-18)13-3-2-4-15(7-13)23-25/h2-10,23,25H,19H2,1H3,(H,21,22)/b20-9+. The molecule has 0 amide bonds. The Bertz CT molecular complexity index is 968. The molecule has 2 aromatic carbocycles. The number of nitrogen functional groups attached to an aromatic ring is 1. The highest BCUT2D eigenvalue weighted by Crippen LogP contribution is 2.26. The zero-order chi connectivity index (χ0) is 18.5. The summed E-state index contributed by atoms with van der Waals surface area (Å²) in [4.78, 5) is 15.8. The van der Waals surface area contributed by atoms with Gasteiger partial charge in [-0.15, -0.1) is 11.3 Å². The van der Waals surface area contributed by atoms with Gasteiger partial charge in [-0.25, -0.2) is 4.98 Å². The number of anilines is 3. The van der Waals surface area contributed by atoms with E-state index in [1.54, 1.807) is 36.5 Å². The van der Waals surface area contributed by atoms with E-state index in [1.807, 2.05) is 17.5 Å². The van der Waals surface area contributed by atoms with Crippen LogP contribution >= 0.6 is 11.3 Å². The third kappa shape index (κ3) is 4.05. The lowest BCUT2D eigenvalue weighted by Gasteiger charge is -2.02. The molecule has 0 atom stereocenters. The molecule has 5 N–H and O–H groups in total. The van der Waals surface area contributed by atoms with Crippen molar-refractivity contribution in [3.63, 3.8) is 0 Å². The number of aromatic nitrogens is 1. The van der Waals surface area contributed by atoms with Crippen LogP contribution in [0.1, 0.15) is 22.8 Å².